The quantitative estimate of drug-likeness (QED) is 0.741. The molecule has 2 nitrogen and oxygen atoms in total. The Balaban J connectivity index is 2.43. The standard InChI is InChI=1S/C15H22F3NO/c1-12-5-3-4-6-14(12)9-13(10-19-2)7-8-20-11-15(16,17)18/h3-6,13,19H,7-11H2,1-2H3. The molecule has 20 heavy (non-hydrogen) atoms. The highest BCUT2D eigenvalue weighted by Crippen LogP contribution is 2.17. The first-order chi connectivity index (χ1) is 9.42. The molecule has 0 aliphatic heterocycles. The summed E-state index contributed by atoms with van der Waals surface area (Å²) in [6.07, 6.45) is -2.78. The Bertz CT molecular complexity index is 393. The van der Waals surface area contributed by atoms with Crippen LogP contribution in [0.25, 0.3) is 0 Å². The second-order valence-electron chi connectivity index (χ2n) is 5.01. The Hall–Kier alpha value is -1.07. The van der Waals surface area contributed by atoms with Gasteiger partial charge in [-0.05, 0) is 50.4 Å². The van der Waals surface area contributed by atoms with Crippen LogP contribution in [0, 0.1) is 12.8 Å². The van der Waals surface area contributed by atoms with Crippen LogP contribution >= 0.6 is 0 Å². The summed E-state index contributed by atoms with van der Waals surface area (Å²) in [6.45, 7) is 1.79. The lowest BCUT2D eigenvalue weighted by atomic mass is 9.94. The van der Waals surface area contributed by atoms with E-state index in [0.29, 0.717) is 6.42 Å². The van der Waals surface area contributed by atoms with Gasteiger partial charge in [-0.2, -0.15) is 13.2 Å². The molecular formula is C15H22F3NO. The van der Waals surface area contributed by atoms with E-state index in [1.165, 1.54) is 11.1 Å². The van der Waals surface area contributed by atoms with Crippen molar-refractivity contribution in [3.05, 3.63) is 35.4 Å². The van der Waals surface area contributed by atoms with Crippen LogP contribution in [0.15, 0.2) is 24.3 Å². The van der Waals surface area contributed by atoms with E-state index in [1.54, 1.807) is 0 Å². The maximum absolute atomic E-state index is 12.0. The number of aryl methyl sites for hydroxylation is 1. The molecule has 0 bridgehead atoms. The fourth-order valence-corrected chi connectivity index (χ4v) is 2.15. The Kier molecular flexibility index (Phi) is 7.02. The Morgan fingerprint density at radius 3 is 2.55 bits per heavy atom. The molecule has 1 N–H and O–H groups in total. The first-order valence-electron chi connectivity index (χ1n) is 6.76. The SMILES string of the molecule is CNCC(CCOCC(F)(F)F)Cc1ccccc1C. The number of nitrogens with one attached hydrogen (secondary N) is 1. The van der Waals surface area contributed by atoms with Gasteiger partial charge in [0.05, 0.1) is 0 Å². The molecule has 0 heterocycles. The molecule has 0 aliphatic rings. The van der Waals surface area contributed by atoms with Crippen molar-refractivity contribution in [1.29, 1.82) is 0 Å². The topological polar surface area (TPSA) is 21.3 Å². The molecule has 0 amide bonds. The minimum atomic E-state index is -4.24. The van der Waals surface area contributed by atoms with Crippen molar-refractivity contribution in [2.75, 3.05) is 26.8 Å². The van der Waals surface area contributed by atoms with Crippen LogP contribution in [0.3, 0.4) is 0 Å². The van der Waals surface area contributed by atoms with Gasteiger partial charge in [0.2, 0.25) is 0 Å². The zero-order chi connectivity index (χ0) is 15.0. The third-order valence-electron chi connectivity index (χ3n) is 3.20. The summed E-state index contributed by atoms with van der Waals surface area (Å²) in [6, 6.07) is 8.08. The summed E-state index contributed by atoms with van der Waals surface area (Å²) >= 11 is 0. The third kappa shape index (κ3) is 6.91. The summed E-state index contributed by atoms with van der Waals surface area (Å²) in [7, 11) is 1.85. The second kappa shape index (κ2) is 8.27. The first kappa shape index (κ1) is 17.0. The predicted molar refractivity (Wildman–Crippen MR) is 73.8 cm³/mol. The molecule has 0 radical (unpaired) electrons. The molecule has 1 aromatic carbocycles. The smallest absolute Gasteiger partial charge is 0.372 e. The van der Waals surface area contributed by atoms with Gasteiger partial charge < -0.3 is 10.1 Å². The van der Waals surface area contributed by atoms with Gasteiger partial charge >= 0.3 is 6.18 Å². The molecular weight excluding hydrogens is 267 g/mol. The number of hydrogen-bond donors (Lipinski definition) is 1. The highest BCUT2D eigenvalue weighted by Gasteiger charge is 2.27. The van der Waals surface area contributed by atoms with Crippen LogP contribution in [0.1, 0.15) is 17.5 Å². The maximum atomic E-state index is 12.0. The number of alkyl halides is 3. The normalized spacial score (nSPS) is 13.4. The van der Waals surface area contributed by atoms with Crippen molar-refractivity contribution < 1.29 is 17.9 Å². The zero-order valence-corrected chi connectivity index (χ0v) is 12.0. The second-order valence-corrected chi connectivity index (χ2v) is 5.01. The van der Waals surface area contributed by atoms with Gasteiger partial charge in [0.1, 0.15) is 6.61 Å². The van der Waals surface area contributed by atoms with Crippen LogP contribution in [-0.2, 0) is 11.2 Å². The Morgan fingerprint density at radius 1 is 1.25 bits per heavy atom. The van der Waals surface area contributed by atoms with Crippen molar-refractivity contribution in [2.45, 2.75) is 25.9 Å². The van der Waals surface area contributed by atoms with Crippen molar-refractivity contribution in [1.82, 2.24) is 5.32 Å². The van der Waals surface area contributed by atoms with E-state index in [1.807, 2.05) is 32.2 Å². The summed E-state index contributed by atoms with van der Waals surface area (Å²) in [4.78, 5) is 0. The summed E-state index contributed by atoms with van der Waals surface area (Å²) in [5.74, 6) is 0.273. The fourth-order valence-electron chi connectivity index (χ4n) is 2.15. The van der Waals surface area contributed by atoms with Crippen molar-refractivity contribution in [3.8, 4) is 0 Å². The van der Waals surface area contributed by atoms with E-state index in [-0.39, 0.29) is 12.5 Å². The maximum Gasteiger partial charge on any atom is 0.411 e. The number of hydrogen-bond acceptors (Lipinski definition) is 2. The van der Waals surface area contributed by atoms with Gasteiger partial charge in [-0.1, -0.05) is 24.3 Å². The number of ether oxygens (including phenoxy) is 1. The molecule has 114 valence electrons. The minimum absolute atomic E-state index is 0.137. The van der Waals surface area contributed by atoms with Gasteiger partial charge in [-0.3, -0.25) is 0 Å². The van der Waals surface area contributed by atoms with E-state index < -0.39 is 12.8 Å². The molecule has 0 saturated carbocycles. The van der Waals surface area contributed by atoms with E-state index in [9.17, 15) is 13.2 Å². The highest BCUT2D eigenvalue weighted by molar-refractivity contribution is 5.25. The molecule has 1 rings (SSSR count). The molecule has 0 spiro atoms. The molecule has 0 aliphatic carbocycles. The van der Waals surface area contributed by atoms with Crippen molar-refractivity contribution >= 4 is 0 Å². The summed E-state index contributed by atoms with van der Waals surface area (Å²) in [5.41, 5.74) is 2.45. The van der Waals surface area contributed by atoms with Gasteiger partial charge in [-0.25, -0.2) is 0 Å². The predicted octanol–water partition coefficient (Wildman–Crippen LogP) is 3.34. The Labute approximate surface area is 118 Å². The van der Waals surface area contributed by atoms with Crippen LogP contribution in [0.2, 0.25) is 0 Å². The first-order valence-corrected chi connectivity index (χ1v) is 6.76. The van der Waals surface area contributed by atoms with Gasteiger partial charge in [-0.15, -0.1) is 0 Å². The van der Waals surface area contributed by atoms with Gasteiger partial charge in [0, 0.05) is 6.61 Å². The molecule has 1 unspecified atom stereocenters. The fraction of sp³-hybridized carbons (Fsp3) is 0.600. The third-order valence-corrected chi connectivity index (χ3v) is 3.20. The highest BCUT2D eigenvalue weighted by atomic mass is 19.4. The molecule has 1 atom stereocenters. The van der Waals surface area contributed by atoms with Crippen molar-refractivity contribution in [3.63, 3.8) is 0 Å². The summed E-state index contributed by atoms with van der Waals surface area (Å²) in [5, 5.41) is 3.09. The van der Waals surface area contributed by atoms with Crippen LogP contribution in [-0.4, -0.2) is 33.0 Å². The van der Waals surface area contributed by atoms with E-state index in [0.717, 1.165) is 13.0 Å². The minimum Gasteiger partial charge on any atom is -0.372 e. The molecule has 5 heteroatoms. The summed E-state index contributed by atoms with van der Waals surface area (Å²) < 4.78 is 40.7. The average Bonchev–Trinajstić information content (AvgIpc) is 2.36. The van der Waals surface area contributed by atoms with E-state index in [4.69, 9.17) is 4.74 Å². The van der Waals surface area contributed by atoms with Gasteiger partial charge in [0.15, 0.2) is 0 Å². The Morgan fingerprint density at radius 2 is 1.95 bits per heavy atom. The molecule has 0 fully saturated rings. The molecule has 0 saturated heterocycles. The van der Waals surface area contributed by atoms with E-state index >= 15 is 0 Å². The number of benzene rings is 1. The lowest BCUT2D eigenvalue weighted by molar-refractivity contribution is -0.174. The monoisotopic (exact) mass is 289 g/mol. The number of halogens is 3. The zero-order valence-electron chi connectivity index (χ0n) is 12.0. The van der Waals surface area contributed by atoms with E-state index in [2.05, 4.69) is 11.4 Å². The van der Waals surface area contributed by atoms with Crippen molar-refractivity contribution in [2.24, 2.45) is 5.92 Å². The average molecular weight is 289 g/mol. The lowest BCUT2D eigenvalue weighted by Crippen LogP contribution is -2.24. The number of rotatable bonds is 8. The lowest BCUT2D eigenvalue weighted by Gasteiger charge is -2.18. The van der Waals surface area contributed by atoms with Gasteiger partial charge in [0.25, 0.3) is 0 Å². The van der Waals surface area contributed by atoms with Crippen LogP contribution in [0.5, 0.6) is 0 Å². The largest absolute Gasteiger partial charge is 0.411 e. The molecule has 1 aromatic rings. The van der Waals surface area contributed by atoms with Crippen LogP contribution < -0.4 is 5.32 Å². The van der Waals surface area contributed by atoms with Crippen LogP contribution in [0.4, 0.5) is 13.2 Å². The molecule has 0 aromatic heterocycles.